The van der Waals surface area contributed by atoms with Gasteiger partial charge in [0.15, 0.2) is 0 Å². The maximum absolute atomic E-state index is 11.9. The standard InChI is InChI=1S/C23H46N2O4/c1-4-6-8-14-20(19(3)13-7-5-2)15-10-12-18-29-23(28)25-21(22(26)27)16-9-11-17-24/h19-21H,4-18,24H2,1-3H3,(H,25,28)(H,26,27)/t19?,20?,21-/m0/s1. The Morgan fingerprint density at radius 3 is 2.10 bits per heavy atom. The van der Waals surface area contributed by atoms with Crippen LogP contribution in [0, 0.1) is 11.8 Å². The molecule has 1 amide bonds. The fourth-order valence-electron chi connectivity index (χ4n) is 3.74. The Kier molecular flexibility index (Phi) is 17.9. The average molecular weight is 415 g/mol. The Morgan fingerprint density at radius 2 is 1.52 bits per heavy atom. The van der Waals surface area contributed by atoms with Gasteiger partial charge in [0.05, 0.1) is 6.61 Å². The number of amides is 1. The zero-order valence-electron chi connectivity index (χ0n) is 19.1. The Hall–Kier alpha value is -1.30. The molecule has 0 bridgehead atoms. The van der Waals surface area contributed by atoms with E-state index in [4.69, 9.17) is 10.5 Å². The molecule has 0 heterocycles. The third-order valence-corrected chi connectivity index (χ3v) is 5.74. The van der Waals surface area contributed by atoms with E-state index in [0.717, 1.165) is 31.1 Å². The Bertz CT molecular complexity index is 418. The van der Waals surface area contributed by atoms with Crippen LogP contribution in [0.5, 0.6) is 0 Å². The van der Waals surface area contributed by atoms with E-state index in [0.29, 0.717) is 26.0 Å². The van der Waals surface area contributed by atoms with Gasteiger partial charge in [-0.1, -0.05) is 72.1 Å². The van der Waals surface area contributed by atoms with Crippen molar-refractivity contribution in [1.82, 2.24) is 5.32 Å². The molecular weight excluding hydrogens is 368 g/mol. The number of alkyl carbamates (subject to hydrolysis) is 1. The lowest BCUT2D eigenvalue weighted by Gasteiger charge is -2.24. The molecule has 0 aliphatic heterocycles. The van der Waals surface area contributed by atoms with E-state index in [-0.39, 0.29) is 0 Å². The summed E-state index contributed by atoms with van der Waals surface area (Å²) in [4.78, 5) is 23.1. The smallest absolute Gasteiger partial charge is 0.407 e. The molecule has 0 rings (SSSR count). The minimum Gasteiger partial charge on any atom is -0.480 e. The number of carboxylic acid groups (broad SMARTS) is 1. The summed E-state index contributed by atoms with van der Waals surface area (Å²) in [6.45, 7) is 7.73. The summed E-state index contributed by atoms with van der Waals surface area (Å²) in [6, 6.07) is -0.906. The first-order valence-corrected chi connectivity index (χ1v) is 11.8. The summed E-state index contributed by atoms with van der Waals surface area (Å²) in [7, 11) is 0. The number of nitrogens with two attached hydrogens (primary N) is 1. The predicted molar refractivity (Wildman–Crippen MR) is 119 cm³/mol. The average Bonchev–Trinajstić information content (AvgIpc) is 2.69. The van der Waals surface area contributed by atoms with E-state index in [1.807, 2.05) is 0 Å². The number of nitrogens with one attached hydrogen (secondary N) is 1. The van der Waals surface area contributed by atoms with Crippen molar-refractivity contribution < 1.29 is 19.4 Å². The molecule has 0 spiro atoms. The van der Waals surface area contributed by atoms with Crippen LogP contribution in [-0.4, -0.2) is 36.4 Å². The zero-order valence-corrected chi connectivity index (χ0v) is 19.1. The molecule has 6 nitrogen and oxygen atoms in total. The number of aliphatic carboxylic acids is 1. The highest BCUT2D eigenvalue weighted by atomic mass is 16.5. The number of carboxylic acids is 1. The maximum atomic E-state index is 11.9. The molecule has 0 aromatic carbocycles. The first-order chi connectivity index (χ1) is 14.0. The topological polar surface area (TPSA) is 102 Å². The number of rotatable bonds is 19. The Labute approximate surface area is 178 Å². The van der Waals surface area contributed by atoms with Gasteiger partial charge in [0.2, 0.25) is 0 Å². The van der Waals surface area contributed by atoms with Crippen LogP contribution >= 0.6 is 0 Å². The van der Waals surface area contributed by atoms with E-state index in [9.17, 15) is 14.7 Å². The molecule has 0 aliphatic carbocycles. The normalized spacial score (nSPS) is 14.2. The monoisotopic (exact) mass is 414 g/mol. The summed E-state index contributed by atoms with van der Waals surface area (Å²) in [5, 5.41) is 11.6. The summed E-state index contributed by atoms with van der Waals surface area (Å²) >= 11 is 0. The number of unbranched alkanes of at least 4 members (excludes halogenated alkanes) is 5. The molecule has 3 atom stereocenters. The largest absolute Gasteiger partial charge is 0.480 e. The van der Waals surface area contributed by atoms with Gasteiger partial charge in [-0.25, -0.2) is 9.59 Å². The van der Waals surface area contributed by atoms with Gasteiger partial charge < -0.3 is 20.9 Å². The SMILES string of the molecule is CCCCCC(CCCCOC(=O)N[C@@H](CCCCN)C(=O)O)C(C)CCCC. The summed E-state index contributed by atoms with van der Waals surface area (Å²) in [5.41, 5.74) is 5.42. The second-order valence-electron chi connectivity index (χ2n) is 8.33. The minimum absolute atomic E-state index is 0.339. The van der Waals surface area contributed by atoms with E-state index in [2.05, 4.69) is 26.1 Å². The second-order valence-corrected chi connectivity index (χ2v) is 8.33. The van der Waals surface area contributed by atoms with Crippen LogP contribution in [-0.2, 0) is 9.53 Å². The summed E-state index contributed by atoms with van der Waals surface area (Å²) in [5.74, 6) is 0.469. The number of hydrogen-bond donors (Lipinski definition) is 3. The van der Waals surface area contributed by atoms with Crippen molar-refractivity contribution in [3.63, 3.8) is 0 Å². The van der Waals surface area contributed by atoms with Crippen molar-refractivity contribution in [3.05, 3.63) is 0 Å². The highest BCUT2D eigenvalue weighted by Crippen LogP contribution is 2.28. The molecule has 0 saturated carbocycles. The van der Waals surface area contributed by atoms with Gasteiger partial charge in [-0.05, 0) is 50.5 Å². The van der Waals surface area contributed by atoms with Crippen LogP contribution in [0.1, 0.15) is 104 Å². The van der Waals surface area contributed by atoms with E-state index in [1.54, 1.807) is 0 Å². The van der Waals surface area contributed by atoms with Crippen LogP contribution in [0.3, 0.4) is 0 Å². The lowest BCUT2D eigenvalue weighted by molar-refractivity contribution is -0.139. The number of ether oxygens (including phenoxy) is 1. The Balaban J connectivity index is 4.15. The molecule has 0 aromatic rings. The van der Waals surface area contributed by atoms with Crippen molar-refractivity contribution in [3.8, 4) is 0 Å². The van der Waals surface area contributed by atoms with Gasteiger partial charge in [-0.3, -0.25) is 0 Å². The highest BCUT2D eigenvalue weighted by molar-refractivity contribution is 5.79. The molecule has 172 valence electrons. The lowest BCUT2D eigenvalue weighted by Crippen LogP contribution is -2.41. The molecule has 2 unspecified atom stereocenters. The number of hydrogen-bond acceptors (Lipinski definition) is 4. The van der Waals surface area contributed by atoms with E-state index >= 15 is 0 Å². The molecule has 0 saturated heterocycles. The first-order valence-electron chi connectivity index (χ1n) is 11.8. The zero-order chi connectivity index (χ0) is 21.9. The van der Waals surface area contributed by atoms with Gasteiger partial charge in [-0.2, -0.15) is 0 Å². The van der Waals surface area contributed by atoms with Crippen LogP contribution in [0.2, 0.25) is 0 Å². The van der Waals surface area contributed by atoms with Crippen molar-refractivity contribution in [2.24, 2.45) is 17.6 Å². The third-order valence-electron chi connectivity index (χ3n) is 5.74. The molecule has 0 fully saturated rings. The van der Waals surface area contributed by atoms with Crippen molar-refractivity contribution in [1.29, 1.82) is 0 Å². The molecule has 29 heavy (non-hydrogen) atoms. The fraction of sp³-hybridized carbons (Fsp3) is 0.913. The van der Waals surface area contributed by atoms with Crippen molar-refractivity contribution in [2.75, 3.05) is 13.2 Å². The molecular formula is C23H46N2O4. The van der Waals surface area contributed by atoms with Crippen LogP contribution in [0.4, 0.5) is 4.79 Å². The number of carbonyl (C=O) groups excluding carboxylic acids is 1. The molecule has 4 N–H and O–H groups in total. The number of carbonyl (C=O) groups is 2. The quantitative estimate of drug-likeness (QED) is 0.243. The van der Waals surface area contributed by atoms with Gasteiger partial charge in [0, 0.05) is 0 Å². The lowest BCUT2D eigenvalue weighted by atomic mass is 9.82. The third kappa shape index (κ3) is 15.2. The van der Waals surface area contributed by atoms with E-state index in [1.165, 1.54) is 51.4 Å². The van der Waals surface area contributed by atoms with Crippen LogP contribution in [0.15, 0.2) is 0 Å². The second kappa shape index (κ2) is 18.7. The van der Waals surface area contributed by atoms with Gasteiger partial charge in [-0.15, -0.1) is 0 Å². The van der Waals surface area contributed by atoms with Crippen molar-refractivity contribution in [2.45, 2.75) is 110 Å². The van der Waals surface area contributed by atoms with Crippen molar-refractivity contribution >= 4 is 12.1 Å². The molecule has 0 radical (unpaired) electrons. The minimum atomic E-state index is -1.03. The van der Waals surface area contributed by atoms with Crippen LogP contribution in [0.25, 0.3) is 0 Å². The molecule has 0 aromatic heterocycles. The van der Waals surface area contributed by atoms with Crippen LogP contribution < -0.4 is 11.1 Å². The van der Waals surface area contributed by atoms with E-state index < -0.39 is 18.1 Å². The maximum Gasteiger partial charge on any atom is 0.407 e. The highest BCUT2D eigenvalue weighted by Gasteiger charge is 2.20. The van der Waals surface area contributed by atoms with Gasteiger partial charge in [0.25, 0.3) is 0 Å². The summed E-state index contributed by atoms with van der Waals surface area (Å²) in [6.07, 6.45) is 13.2. The van der Waals surface area contributed by atoms with Gasteiger partial charge in [0.1, 0.15) is 6.04 Å². The molecule has 6 heteroatoms. The first kappa shape index (κ1) is 27.7. The van der Waals surface area contributed by atoms with Gasteiger partial charge >= 0.3 is 12.1 Å². The Morgan fingerprint density at radius 1 is 0.897 bits per heavy atom. The molecule has 0 aliphatic rings. The summed E-state index contributed by atoms with van der Waals surface area (Å²) < 4.78 is 5.20. The predicted octanol–water partition coefficient (Wildman–Crippen LogP) is 5.49. The fourth-order valence-corrected chi connectivity index (χ4v) is 3.74.